The third kappa shape index (κ3) is 6.41. The van der Waals surface area contributed by atoms with Crippen molar-refractivity contribution in [2.24, 2.45) is 0 Å². The Kier molecular flexibility index (Phi) is 9.08. The van der Waals surface area contributed by atoms with Gasteiger partial charge in [0.15, 0.2) is 11.5 Å². The molecule has 3 rings (SSSR count). The first-order valence-corrected chi connectivity index (χ1v) is 13.8. The van der Waals surface area contributed by atoms with Gasteiger partial charge in [0, 0.05) is 23.7 Å². The molecule has 0 saturated carbocycles. The number of hydrogen-bond acceptors (Lipinski definition) is 6. The van der Waals surface area contributed by atoms with E-state index in [2.05, 4.69) is 5.32 Å². The zero-order chi connectivity index (χ0) is 26.5. The van der Waals surface area contributed by atoms with Crippen LogP contribution in [0.1, 0.15) is 39.7 Å². The molecular weight excluding hydrogens is 506 g/mol. The van der Waals surface area contributed by atoms with Crippen molar-refractivity contribution in [2.75, 3.05) is 23.4 Å². The largest absolute Gasteiger partial charge is 0.454 e. The van der Waals surface area contributed by atoms with Gasteiger partial charge in [-0.3, -0.25) is 13.9 Å². The first kappa shape index (κ1) is 27.6. The van der Waals surface area contributed by atoms with Gasteiger partial charge in [-0.05, 0) is 51.0 Å². The predicted octanol–water partition coefficient (Wildman–Crippen LogP) is 3.56. The molecule has 196 valence electrons. The maximum absolute atomic E-state index is 13.8. The van der Waals surface area contributed by atoms with E-state index in [1.165, 1.54) is 17.9 Å². The number of hydrogen-bond donors (Lipinski definition) is 1. The number of nitrogens with one attached hydrogen (secondary N) is 1. The Morgan fingerprint density at radius 1 is 1.08 bits per heavy atom. The van der Waals surface area contributed by atoms with E-state index in [0.29, 0.717) is 28.5 Å². The van der Waals surface area contributed by atoms with Gasteiger partial charge < -0.3 is 19.7 Å². The zero-order valence-electron chi connectivity index (χ0n) is 20.9. The molecule has 1 aliphatic heterocycles. The Bertz CT molecular complexity index is 1200. The number of anilines is 1. The van der Waals surface area contributed by atoms with Crippen LogP contribution < -0.4 is 19.1 Å². The standard InChI is InChI=1S/C25H32ClN3O6S/c1-5-21(25(31)27-17(3)4)28(14-18-9-7-8-10-20(18)26)24(30)15-29(36(32,33)6-2)19-11-12-22-23(13-19)35-16-34-22/h7-13,17,21H,5-6,14-16H2,1-4H3,(H,27,31)/t21-/m0/s1. The highest BCUT2D eigenvalue weighted by Gasteiger charge is 2.33. The molecule has 1 N–H and O–H groups in total. The minimum atomic E-state index is -3.85. The van der Waals surface area contributed by atoms with Gasteiger partial charge in [0.1, 0.15) is 12.6 Å². The molecule has 0 fully saturated rings. The van der Waals surface area contributed by atoms with Crippen LogP contribution in [0.2, 0.25) is 5.02 Å². The third-order valence-corrected chi connectivity index (χ3v) is 7.85. The van der Waals surface area contributed by atoms with E-state index in [1.807, 2.05) is 13.8 Å². The molecule has 0 saturated heterocycles. The molecule has 9 nitrogen and oxygen atoms in total. The summed E-state index contributed by atoms with van der Waals surface area (Å²) < 4.78 is 37.9. The van der Waals surface area contributed by atoms with Crippen molar-refractivity contribution in [2.45, 2.75) is 52.7 Å². The molecular formula is C25H32ClN3O6S. The number of ether oxygens (including phenoxy) is 2. The molecule has 0 bridgehead atoms. The molecule has 0 aliphatic carbocycles. The minimum Gasteiger partial charge on any atom is -0.454 e. The number of benzene rings is 2. The number of sulfonamides is 1. The fourth-order valence-electron chi connectivity index (χ4n) is 3.87. The molecule has 11 heteroatoms. The second kappa shape index (κ2) is 11.8. The van der Waals surface area contributed by atoms with Gasteiger partial charge in [0.05, 0.1) is 11.4 Å². The number of fused-ring (bicyclic) bond motifs is 1. The van der Waals surface area contributed by atoms with Crippen LogP contribution in [0.15, 0.2) is 42.5 Å². The van der Waals surface area contributed by atoms with Crippen molar-refractivity contribution in [3.8, 4) is 11.5 Å². The minimum absolute atomic E-state index is 0.0347. The molecule has 36 heavy (non-hydrogen) atoms. The van der Waals surface area contributed by atoms with E-state index < -0.39 is 28.5 Å². The highest BCUT2D eigenvalue weighted by atomic mass is 35.5. The van der Waals surface area contributed by atoms with Crippen LogP contribution in [0, 0.1) is 0 Å². The third-order valence-electron chi connectivity index (χ3n) is 5.74. The highest BCUT2D eigenvalue weighted by Crippen LogP contribution is 2.36. The van der Waals surface area contributed by atoms with E-state index in [0.717, 1.165) is 4.31 Å². The number of carbonyl (C=O) groups excluding carboxylic acids is 2. The van der Waals surface area contributed by atoms with E-state index in [1.54, 1.807) is 43.3 Å². The number of nitrogens with zero attached hydrogens (tertiary/aromatic N) is 2. The Balaban J connectivity index is 1.99. The lowest BCUT2D eigenvalue weighted by atomic mass is 10.1. The van der Waals surface area contributed by atoms with E-state index in [-0.39, 0.29) is 36.7 Å². The summed E-state index contributed by atoms with van der Waals surface area (Å²) in [6.45, 7) is 6.56. The van der Waals surface area contributed by atoms with Gasteiger partial charge in [-0.1, -0.05) is 36.7 Å². The van der Waals surface area contributed by atoms with E-state index in [4.69, 9.17) is 21.1 Å². The average Bonchev–Trinajstić information content (AvgIpc) is 3.30. The average molecular weight is 538 g/mol. The molecule has 0 spiro atoms. The smallest absolute Gasteiger partial charge is 0.244 e. The van der Waals surface area contributed by atoms with Crippen LogP contribution >= 0.6 is 11.6 Å². The van der Waals surface area contributed by atoms with Gasteiger partial charge in [0.25, 0.3) is 0 Å². The van der Waals surface area contributed by atoms with Crippen molar-refractivity contribution >= 4 is 39.1 Å². The first-order chi connectivity index (χ1) is 17.1. The topological polar surface area (TPSA) is 105 Å². The normalized spacial score (nSPS) is 13.4. The van der Waals surface area contributed by atoms with Crippen LogP contribution in [0.5, 0.6) is 11.5 Å². The lowest BCUT2D eigenvalue weighted by Gasteiger charge is -2.33. The second-order valence-corrected chi connectivity index (χ2v) is 11.2. The molecule has 2 aromatic carbocycles. The number of amides is 2. The highest BCUT2D eigenvalue weighted by molar-refractivity contribution is 7.92. The van der Waals surface area contributed by atoms with Crippen molar-refractivity contribution < 1.29 is 27.5 Å². The molecule has 1 atom stereocenters. The fraction of sp³-hybridized carbons (Fsp3) is 0.440. The lowest BCUT2D eigenvalue weighted by Crippen LogP contribution is -2.53. The van der Waals surface area contributed by atoms with Crippen molar-refractivity contribution in [3.05, 3.63) is 53.1 Å². The van der Waals surface area contributed by atoms with Crippen molar-refractivity contribution in [1.82, 2.24) is 10.2 Å². The van der Waals surface area contributed by atoms with Crippen molar-refractivity contribution in [3.63, 3.8) is 0 Å². The Morgan fingerprint density at radius 3 is 2.42 bits per heavy atom. The van der Waals surface area contributed by atoms with Crippen LogP contribution in [0.3, 0.4) is 0 Å². The van der Waals surface area contributed by atoms with Crippen LogP contribution in [-0.2, 0) is 26.2 Å². The Hall–Kier alpha value is -2.98. The molecule has 2 aromatic rings. The van der Waals surface area contributed by atoms with Gasteiger partial charge in [-0.25, -0.2) is 8.42 Å². The Labute approximate surface area is 217 Å². The van der Waals surface area contributed by atoms with Crippen LogP contribution in [-0.4, -0.2) is 56.3 Å². The predicted molar refractivity (Wildman–Crippen MR) is 139 cm³/mol. The number of rotatable bonds is 11. The summed E-state index contributed by atoms with van der Waals surface area (Å²) in [5, 5.41) is 3.30. The van der Waals surface area contributed by atoms with Crippen LogP contribution in [0.25, 0.3) is 0 Å². The summed E-state index contributed by atoms with van der Waals surface area (Å²) in [6.07, 6.45) is 0.333. The quantitative estimate of drug-likeness (QED) is 0.470. The summed E-state index contributed by atoms with van der Waals surface area (Å²) in [6, 6.07) is 10.8. The summed E-state index contributed by atoms with van der Waals surface area (Å²) in [4.78, 5) is 28.2. The lowest BCUT2D eigenvalue weighted by molar-refractivity contribution is -0.140. The second-order valence-electron chi connectivity index (χ2n) is 8.65. The maximum Gasteiger partial charge on any atom is 0.244 e. The number of halogens is 1. The summed E-state index contributed by atoms with van der Waals surface area (Å²) in [5.74, 6) is -0.177. The fourth-order valence-corrected chi connectivity index (χ4v) is 5.12. The molecule has 1 aliphatic rings. The van der Waals surface area contributed by atoms with Gasteiger partial charge >= 0.3 is 0 Å². The van der Waals surface area contributed by atoms with Crippen LogP contribution in [0.4, 0.5) is 5.69 Å². The maximum atomic E-state index is 13.8. The van der Waals surface area contributed by atoms with Crippen molar-refractivity contribution in [1.29, 1.82) is 0 Å². The van der Waals surface area contributed by atoms with Gasteiger partial charge in [0.2, 0.25) is 28.6 Å². The summed E-state index contributed by atoms with van der Waals surface area (Å²) in [5.41, 5.74) is 0.920. The van der Waals surface area contributed by atoms with E-state index in [9.17, 15) is 18.0 Å². The molecule has 0 unspecified atom stereocenters. The monoisotopic (exact) mass is 537 g/mol. The van der Waals surface area contributed by atoms with Gasteiger partial charge in [-0.2, -0.15) is 0 Å². The SMILES string of the molecule is CC[C@@H](C(=O)NC(C)C)N(Cc1ccccc1Cl)C(=O)CN(c1ccc2c(c1)OCO2)S(=O)(=O)CC. The molecule has 0 aromatic heterocycles. The zero-order valence-corrected chi connectivity index (χ0v) is 22.4. The molecule has 2 amide bonds. The Morgan fingerprint density at radius 2 is 1.78 bits per heavy atom. The first-order valence-electron chi connectivity index (χ1n) is 11.8. The number of carbonyl (C=O) groups is 2. The van der Waals surface area contributed by atoms with Gasteiger partial charge in [-0.15, -0.1) is 0 Å². The molecule has 1 heterocycles. The molecule has 0 radical (unpaired) electrons. The summed E-state index contributed by atoms with van der Waals surface area (Å²) >= 11 is 6.37. The van der Waals surface area contributed by atoms with E-state index >= 15 is 0 Å². The summed E-state index contributed by atoms with van der Waals surface area (Å²) in [7, 11) is -3.85.